The predicted molar refractivity (Wildman–Crippen MR) is 96.0 cm³/mol. The van der Waals surface area contributed by atoms with Crippen molar-refractivity contribution < 1.29 is 24.2 Å². The fourth-order valence-corrected chi connectivity index (χ4v) is 3.11. The summed E-state index contributed by atoms with van der Waals surface area (Å²) in [5.41, 5.74) is 1.86. The lowest BCUT2D eigenvalue weighted by Crippen LogP contribution is -2.31. The van der Waals surface area contributed by atoms with E-state index in [9.17, 15) is 24.2 Å². The molecule has 2 aromatic carbocycles. The quantitative estimate of drug-likeness (QED) is 0.557. The zero-order valence-electron chi connectivity index (χ0n) is 13.8. The number of benzene rings is 2. The molecule has 0 bridgehead atoms. The van der Waals surface area contributed by atoms with Crippen LogP contribution in [-0.4, -0.2) is 32.3 Å². The number of H-pyrrole nitrogens is 1. The third-order valence-electron chi connectivity index (χ3n) is 4.23. The highest BCUT2D eigenvalue weighted by molar-refractivity contribution is 6.30. The van der Waals surface area contributed by atoms with Crippen molar-refractivity contribution in [1.29, 1.82) is 0 Å². The number of aliphatic carboxylic acids is 2. The molecule has 0 saturated heterocycles. The number of hydrogen-bond acceptors (Lipinski definition) is 3. The van der Waals surface area contributed by atoms with Crippen molar-refractivity contribution in [1.82, 2.24) is 10.2 Å². The SMILES string of the molecule is O=C(O)C(C(=O)O)C(c1ccc(F)cc1)c1[nH]ncc1-c1ccc(Cl)cc1. The molecule has 0 saturated carbocycles. The van der Waals surface area contributed by atoms with E-state index in [1.54, 1.807) is 24.3 Å². The van der Waals surface area contributed by atoms with E-state index in [1.165, 1.54) is 18.3 Å². The highest BCUT2D eigenvalue weighted by Gasteiger charge is 2.39. The van der Waals surface area contributed by atoms with Crippen molar-refractivity contribution >= 4 is 23.5 Å². The second kappa shape index (κ2) is 7.59. The molecule has 0 aliphatic carbocycles. The molecule has 3 aromatic rings. The third kappa shape index (κ3) is 3.83. The van der Waals surface area contributed by atoms with Crippen molar-refractivity contribution in [2.45, 2.75) is 5.92 Å². The van der Waals surface area contributed by atoms with E-state index < -0.39 is 29.6 Å². The average molecular weight is 389 g/mol. The number of carboxylic acids is 2. The number of aromatic amines is 1. The first-order valence-electron chi connectivity index (χ1n) is 7.88. The van der Waals surface area contributed by atoms with Crippen LogP contribution < -0.4 is 0 Å². The van der Waals surface area contributed by atoms with Gasteiger partial charge in [-0.05, 0) is 35.4 Å². The van der Waals surface area contributed by atoms with Gasteiger partial charge in [0.05, 0.1) is 17.8 Å². The molecule has 1 aromatic heterocycles. The number of carbonyl (C=O) groups is 2. The van der Waals surface area contributed by atoms with Gasteiger partial charge in [-0.2, -0.15) is 5.10 Å². The minimum Gasteiger partial charge on any atom is -0.481 e. The number of rotatable bonds is 6. The number of hydrogen-bond donors (Lipinski definition) is 3. The fourth-order valence-electron chi connectivity index (χ4n) is 2.98. The van der Waals surface area contributed by atoms with Crippen LogP contribution in [0.4, 0.5) is 4.39 Å². The summed E-state index contributed by atoms with van der Waals surface area (Å²) in [5.74, 6) is -6.42. The summed E-state index contributed by atoms with van der Waals surface area (Å²) in [4.78, 5) is 23.4. The van der Waals surface area contributed by atoms with E-state index >= 15 is 0 Å². The molecule has 138 valence electrons. The number of aromatic nitrogens is 2. The summed E-state index contributed by atoms with van der Waals surface area (Å²) in [5, 5.41) is 26.2. The minimum absolute atomic E-state index is 0.304. The van der Waals surface area contributed by atoms with Gasteiger partial charge in [0.1, 0.15) is 5.82 Å². The Bertz CT molecular complexity index is 956. The predicted octanol–water partition coefficient (Wildman–Crippen LogP) is 3.79. The van der Waals surface area contributed by atoms with Crippen LogP contribution in [0.1, 0.15) is 17.2 Å². The van der Waals surface area contributed by atoms with Crippen LogP contribution in [0.15, 0.2) is 54.7 Å². The summed E-state index contributed by atoms with van der Waals surface area (Å²) >= 11 is 5.91. The van der Waals surface area contributed by atoms with Crippen LogP contribution in [0.2, 0.25) is 5.02 Å². The van der Waals surface area contributed by atoms with Crippen molar-refractivity contribution in [3.8, 4) is 11.1 Å². The largest absolute Gasteiger partial charge is 0.481 e. The van der Waals surface area contributed by atoms with Crippen molar-refractivity contribution in [3.05, 3.63) is 76.8 Å². The molecule has 0 amide bonds. The second-order valence-electron chi connectivity index (χ2n) is 5.89. The fraction of sp³-hybridized carbons (Fsp3) is 0.105. The van der Waals surface area contributed by atoms with Gasteiger partial charge in [-0.25, -0.2) is 4.39 Å². The van der Waals surface area contributed by atoms with Crippen LogP contribution >= 0.6 is 11.6 Å². The zero-order valence-corrected chi connectivity index (χ0v) is 14.5. The normalized spacial score (nSPS) is 12.1. The van der Waals surface area contributed by atoms with Crippen molar-refractivity contribution in [3.63, 3.8) is 0 Å². The van der Waals surface area contributed by atoms with Gasteiger partial charge in [0.2, 0.25) is 0 Å². The molecule has 1 unspecified atom stereocenters. The van der Waals surface area contributed by atoms with E-state index in [-0.39, 0.29) is 0 Å². The molecule has 0 aliphatic heterocycles. The van der Waals surface area contributed by atoms with Crippen LogP contribution in [0, 0.1) is 11.7 Å². The molecule has 0 radical (unpaired) electrons. The van der Waals surface area contributed by atoms with Crippen LogP contribution in [0.5, 0.6) is 0 Å². The lowest BCUT2D eigenvalue weighted by atomic mass is 9.81. The summed E-state index contributed by atoms with van der Waals surface area (Å²) in [6, 6.07) is 11.8. The van der Waals surface area contributed by atoms with E-state index in [0.29, 0.717) is 27.4 Å². The maximum absolute atomic E-state index is 13.3. The van der Waals surface area contributed by atoms with Gasteiger partial charge in [-0.1, -0.05) is 35.9 Å². The Hall–Kier alpha value is -3.19. The number of nitrogens with zero attached hydrogens (tertiary/aromatic N) is 1. The van der Waals surface area contributed by atoms with E-state index in [1.807, 2.05) is 0 Å². The summed E-state index contributed by atoms with van der Waals surface area (Å²) < 4.78 is 13.3. The summed E-state index contributed by atoms with van der Waals surface area (Å²) in [7, 11) is 0. The monoisotopic (exact) mass is 388 g/mol. The molecule has 3 N–H and O–H groups in total. The third-order valence-corrected chi connectivity index (χ3v) is 4.48. The van der Waals surface area contributed by atoms with Crippen LogP contribution in [-0.2, 0) is 9.59 Å². The van der Waals surface area contributed by atoms with Crippen molar-refractivity contribution in [2.75, 3.05) is 0 Å². The molecular weight excluding hydrogens is 375 g/mol. The van der Waals surface area contributed by atoms with E-state index in [0.717, 1.165) is 12.1 Å². The van der Waals surface area contributed by atoms with Crippen molar-refractivity contribution in [2.24, 2.45) is 5.92 Å². The molecular formula is C19H14ClFN2O4. The van der Waals surface area contributed by atoms with Gasteiger partial charge in [0, 0.05) is 10.6 Å². The smallest absolute Gasteiger partial charge is 0.318 e. The molecule has 27 heavy (non-hydrogen) atoms. The Morgan fingerprint density at radius 1 is 1.00 bits per heavy atom. The Labute approximate surface area is 158 Å². The zero-order chi connectivity index (χ0) is 19.6. The van der Waals surface area contributed by atoms with Gasteiger partial charge in [-0.3, -0.25) is 14.7 Å². The summed E-state index contributed by atoms with van der Waals surface area (Å²) in [6.45, 7) is 0. The van der Waals surface area contributed by atoms with Crippen LogP contribution in [0.3, 0.4) is 0 Å². The molecule has 3 rings (SSSR count). The molecule has 0 fully saturated rings. The maximum Gasteiger partial charge on any atom is 0.318 e. The lowest BCUT2D eigenvalue weighted by molar-refractivity contribution is -0.155. The number of halogens is 2. The highest BCUT2D eigenvalue weighted by Crippen LogP contribution is 2.37. The molecule has 1 atom stereocenters. The first-order chi connectivity index (χ1) is 12.9. The van der Waals surface area contributed by atoms with Gasteiger partial charge in [0.15, 0.2) is 5.92 Å². The van der Waals surface area contributed by atoms with Crippen LogP contribution in [0.25, 0.3) is 11.1 Å². The Morgan fingerprint density at radius 3 is 2.15 bits per heavy atom. The lowest BCUT2D eigenvalue weighted by Gasteiger charge is -2.22. The van der Waals surface area contributed by atoms with Gasteiger partial charge >= 0.3 is 11.9 Å². The highest BCUT2D eigenvalue weighted by atomic mass is 35.5. The van der Waals surface area contributed by atoms with E-state index in [4.69, 9.17) is 11.6 Å². The molecule has 6 nitrogen and oxygen atoms in total. The Balaban J connectivity index is 2.18. The van der Waals surface area contributed by atoms with Gasteiger partial charge in [0.25, 0.3) is 0 Å². The minimum atomic E-state index is -1.79. The van der Waals surface area contributed by atoms with Gasteiger partial charge < -0.3 is 10.2 Å². The average Bonchev–Trinajstić information content (AvgIpc) is 3.09. The van der Waals surface area contributed by atoms with E-state index in [2.05, 4.69) is 10.2 Å². The summed E-state index contributed by atoms with van der Waals surface area (Å²) in [6.07, 6.45) is 1.48. The molecule has 0 spiro atoms. The number of nitrogens with one attached hydrogen (secondary N) is 1. The second-order valence-corrected chi connectivity index (χ2v) is 6.32. The molecule has 1 heterocycles. The Morgan fingerprint density at radius 2 is 1.59 bits per heavy atom. The first kappa shape index (κ1) is 18.6. The first-order valence-corrected chi connectivity index (χ1v) is 8.26. The topological polar surface area (TPSA) is 103 Å². The molecule has 8 heteroatoms. The Kier molecular flexibility index (Phi) is 5.23. The van der Waals surface area contributed by atoms with Gasteiger partial charge in [-0.15, -0.1) is 0 Å². The maximum atomic E-state index is 13.3. The molecule has 0 aliphatic rings. The standard InChI is InChI=1S/C19H14ClFN2O4/c20-12-5-1-10(2-6-12)14-9-22-23-17(14)15(16(18(24)25)19(26)27)11-3-7-13(21)8-4-11/h1-9,15-16H,(H,22,23)(H,24,25)(H,26,27). The number of carboxylic acid groups (broad SMARTS) is 2.